The molecular formula is C17H28N4O3. The van der Waals surface area contributed by atoms with Crippen molar-refractivity contribution in [2.45, 2.75) is 13.8 Å². The Balaban J connectivity index is 2.34. The molecule has 0 aromatic heterocycles. The van der Waals surface area contributed by atoms with Crippen LogP contribution < -0.4 is 20.7 Å². The zero-order valence-corrected chi connectivity index (χ0v) is 14.7. The predicted octanol–water partition coefficient (Wildman–Crippen LogP) is 1.02. The molecule has 0 aliphatic heterocycles. The van der Waals surface area contributed by atoms with Crippen molar-refractivity contribution in [1.82, 2.24) is 16.0 Å². The van der Waals surface area contributed by atoms with Crippen LogP contribution in [0.3, 0.4) is 0 Å². The molecule has 0 atom stereocenters. The van der Waals surface area contributed by atoms with Crippen molar-refractivity contribution in [3.05, 3.63) is 29.8 Å². The summed E-state index contributed by atoms with van der Waals surface area (Å²) in [5.74, 6) is 1.25. The summed E-state index contributed by atoms with van der Waals surface area (Å²) in [4.78, 5) is 16.5. The molecule has 1 amide bonds. The van der Waals surface area contributed by atoms with Gasteiger partial charge in [0, 0.05) is 31.8 Å². The third kappa shape index (κ3) is 7.82. The van der Waals surface area contributed by atoms with Gasteiger partial charge in [-0.3, -0.25) is 9.79 Å². The van der Waals surface area contributed by atoms with Crippen LogP contribution in [0.4, 0.5) is 0 Å². The Hall–Kier alpha value is -2.28. The first-order chi connectivity index (χ1) is 11.7. The van der Waals surface area contributed by atoms with Crippen LogP contribution in [0.25, 0.3) is 0 Å². The maximum atomic E-state index is 12.1. The molecule has 0 saturated carbocycles. The lowest BCUT2D eigenvalue weighted by Crippen LogP contribution is -2.41. The molecule has 134 valence electrons. The lowest BCUT2D eigenvalue weighted by Gasteiger charge is -2.12. The van der Waals surface area contributed by atoms with Crippen LogP contribution in [0.1, 0.15) is 24.2 Å². The average Bonchev–Trinajstić information content (AvgIpc) is 2.62. The molecule has 24 heavy (non-hydrogen) atoms. The molecule has 1 rings (SSSR count). The summed E-state index contributed by atoms with van der Waals surface area (Å²) in [7, 11) is 1.58. The van der Waals surface area contributed by atoms with E-state index in [1.165, 1.54) is 0 Å². The Kier molecular flexibility index (Phi) is 10.0. The molecule has 0 fully saturated rings. The van der Waals surface area contributed by atoms with Crippen LogP contribution in [-0.4, -0.2) is 58.4 Å². The van der Waals surface area contributed by atoms with E-state index in [0.29, 0.717) is 50.1 Å². The summed E-state index contributed by atoms with van der Waals surface area (Å²) in [5, 5.41) is 9.18. The minimum atomic E-state index is -0.131. The largest absolute Gasteiger partial charge is 0.497 e. The number of hydrogen-bond donors (Lipinski definition) is 3. The Morgan fingerprint density at radius 3 is 2.67 bits per heavy atom. The molecular weight excluding hydrogens is 308 g/mol. The van der Waals surface area contributed by atoms with Gasteiger partial charge < -0.3 is 25.4 Å². The number of guanidine groups is 1. The number of aliphatic imine (C=N–C) groups is 1. The molecule has 0 radical (unpaired) electrons. The highest BCUT2D eigenvalue weighted by molar-refractivity contribution is 5.94. The second kappa shape index (κ2) is 12.2. The first-order valence-electron chi connectivity index (χ1n) is 8.23. The minimum Gasteiger partial charge on any atom is -0.497 e. The second-order valence-electron chi connectivity index (χ2n) is 4.87. The fourth-order valence-electron chi connectivity index (χ4n) is 1.93. The lowest BCUT2D eigenvalue weighted by molar-refractivity contribution is 0.0954. The number of methoxy groups -OCH3 is 1. The average molecular weight is 336 g/mol. The first-order valence-corrected chi connectivity index (χ1v) is 8.23. The molecule has 0 saturated heterocycles. The molecule has 7 heteroatoms. The van der Waals surface area contributed by atoms with Crippen LogP contribution in [-0.2, 0) is 4.74 Å². The summed E-state index contributed by atoms with van der Waals surface area (Å²) in [6.07, 6.45) is 0. The number of amides is 1. The lowest BCUT2D eigenvalue weighted by atomic mass is 10.2. The molecule has 1 aromatic rings. The smallest absolute Gasteiger partial charge is 0.251 e. The van der Waals surface area contributed by atoms with Crippen LogP contribution in [0, 0.1) is 0 Å². The molecule has 3 N–H and O–H groups in total. The summed E-state index contributed by atoms with van der Waals surface area (Å²) < 4.78 is 10.4. The monoisotopic (exact) mass is 336 g/mol. The quantitative estimate of drug-likeness (QED) is 0.337. The SMILES string of the molecule is CCNC(=NCCOCC)NCCNC(=O)c1cccc(OC)c1. The highest BCUT2D eigenvalue weighted by Gasteiger charge is 2.05. The van der Waals surface area contributed by atoms with E-state index in [9.17, 15) is 4.79 Å². The van der Waals surface area contributed by atoms with E-state index in [1.807, 2.05) is 13.8 Å². The second-order valence-corrected chi connectivity index (χ2v) is 4.87. The zero-order chi connectivity index (χ0) is 17.6. The van der Waals surface area contributed by atoms with Gasteiger partial charge >= 0.3 is 0 Å². The maximum absolute atomic E-state index is 12.1. The highest BCUT2D eigenvalue weighted by Crippen LogP contribution is 2.11. The predicted molar refractivity (Wildman–Crippen MR) is 95.8 cm³/mol. The number of hydrogen-bond acceptors (Lipinski definition) is 4. The molecule has 0 spiro atoms. The summed E-state index contributed by atoms with van der Waals surface area (Å²) in [6, 6.07) is 7.06. The normalized spacial score (nSPS) is 11.0. The number of benzene rings is 1. The maximum Gasteiger partial charge on any atom is 0.251 e. The first kappa shape index (κ1) is 19.8. The van der Waals surface area contributed by atoms with Gasteiger partial charge in [0.15, 0.2) is 5.96 Å². The molecule has 1 aromatic carbocycles. The Morgan fingerprint density at radius 1 is 1.17 bits per heavy atom. The van der Waals surface area contributed by atoms with Crippen molar-refractivity contribution in [1.29, 1.82) is 0 Å². The van der Waals surface area contributed by atoms with E-state index < -0.39 is 0 Å². The van der Waals surface area contributed by atoms with Crippen molar-refractivity contribution in [3.63, 3.8) is 0 Å². The van der Waals surface area contributed by atoms with Crippen molar-refractivity contribution in [2.75, 3.05) is 46.5 Å². The minimum absolute atomic E-state index is 0.131. The van der Waals surface area contributed by atoms with Crippen molar-refractivity contribution in [2.24, 2.45) is 4.99 Å². The third-order valence-corrected chi connectivity index (χ3v) is 3.09. The van der Waals surface area contributed by atoms with E-state index in [4.69, 9.17) is 9.47 Å². The molecule has 7 nitrogen and oxygen atoms in total. The Morgan fingerprint density at radius 2 is 1.96 bits per heavy atom. The topological polar surface area (TPSA) is 84.0 Å². The number of nitrogens with zero attached hydrogens (tertiary/aromatic N) is 1. The fourth-order valence-corrected chi connectivity index (χ4v) is 1.93. The van der Waals surface area contributed by atoms with Gasteiger partial charge in [0.25, 0.3) is 5.91 Å². The van der Waals surface area contributed by atoms with E-state index in [1.54, 1.807) is 31.4 Å². The van der Waals surface area contributed by atoms with Crippen molar-refractivity contribution >= 4 is 11.9 Å². The van der Waals surface area contributed by atoms with Gasteiger partial charge in [0.1, 0.15) is 5.75 Å². The molecule has 0 heterocycles. The number of carbonyl (C=O) groups excluding carboxylic acids is 1. The van der Waals surface area contributed by atoms with Gasteiger partial charge in [-0.1, -0.05) is 6.07 Å². The molecule has 0 bridgehead atoms. The number of nitrogens with one attached hydrogen (secondary N) is 3. The van der Waals surface area contributed by atoms with Gasteiger partial charge in [-0.05, 0) is 32.0 Å². The molecule has 0 aliphatic rings. The van der Waals surface area contributed by atoms with E-state index >= 15 is 0 Å². The van der Waals surface area contributed by atoms with E-state index in [2.05, 4.69) is 20.9 Å². The van der Waals surface area contributed by atoms with Crippen molar-refractivity contribution < 1.29 is 14.3 Å². The van der Waals surface area contributed by atoms with Gasteiger partial charge in [0.05, 0.1) is 20.3 Å². The summed E-state index contributed by atoms with van der Waals surface area (Å²) in [5.41, 5.74) is 0.576. The Labute approximate surface area is 143 Å². The van der Waals surface area contributed by atoms with Gasteiger partial charge in [0.2, 0.25) is 0 Å². The van der Waals surface area contributed by atoms with Crippen molar-refractivity contribution in [3.8, 4) is 5.75 Å². The molecule has 0 unspecified atom stereocenters. The Bertz CT molecular complexity index is 520. The number of carbonyl (C=O) groups is 1. The zero-order valence-electron chi connectivity index (χ0n) is 14.7. The van der Waals surface area contributed by atoms with Gasteiger partial charge in [-0.2, -0.15) is 0 Å². The third-order valence-electron chi connectivity index (χ3n) is 3.09. The van der Waals surface area contributed by atoms with Crippen LogP contribution in [0.2, 0.25) is 0 Å². The number of ether oxygens (including phenoxy) is 2. The van der Waals surface area contributed by atoms with E-state index in [-0.39, 0.29) is 5.91 Å². The van der Waals surface area contributed by atoms with Crippen LogP contribution >= 0.6 is 0 Å². The fraction of sp³-hybridized carbons (Fsp3) is 0.529. The standard InChI is InChI=1S/C17H28N4O3/c1-4-18-17(21-11-12-24-5-2)20-10-9-19-16(22)14-7-6-8-15(13-14)23-3/h6-8,13H,4-5,9-12H2,1-3H3,(H,19,22)(H2,18,20,21). The van der Waals surface area contributed by atoms with Gasteiger partial charge in [-0.15, -0.1) is 0 Å². The van der Waals surface area contributed by atoms with E-state index in [0.717, 1.165) is 6.54 Å². The highest BCUT2D eigenvalue weighted by atomic mass is 16.5. The van der Waals surface area contributed by atoms with Gasteiger partial charge in [-0.25, -0.2) is 0 Å². The molecule has 0 aliphatic carbocycles. The van der Waals surface area contributed by atoms with Crippen LogP contribution in [0.15, 0.2) is 29.3 Å². The summed E-state index contributed by atoms with van der Waals surface area (Å²) in [6.45, 7) is 7.69. The summed E-state index contributed by atoms with van der Waals surface area (Å²) >= 11 is 0. The number of rotatable bonds is 10. The van der Waals surface area contributed by atoms with Crippen LogP contribution in [0.5, 0.6) is 5.75 Å².